The minimum Gasteiger partial charge on any atom is -0.324 e. The van der Waals surface area contributed by atoms with Gasteiger partial charge in [0, 0.05) is 8.78 Å². The van der Waals surface area contributed by atoms with Gasteiger partial charge in [0.1, 0.15) is 5.82 Å². The predicted octanol–water partition coefficient (Wildman–Crippen LogP) is 1.85. The highest BCUT2D eigenvalue weighted by atomic mass is 19.1. The molecule has 0 aliphatic heterocycles. The van der Waals surface area contributed by atoms with Crippen LogP contribution in [0, 0.1) is 5.82 Å². The lowest BCUT2D eigenvalue weighted by atomic mass is 10.1. The quantitative estimate of drug-likeness (QED) is 0.634. The Morgan fingerprint density at radius 3 is 3.10 bits per heavy atom. The van der Waals surface area contributed by atoms with Gasteiger partial charge in [-0.2, -0.15) is 0 Å². The maximum Gasteiger partial charge on any atom is 0.123 e. The highest BCUT2D eigenvalue weighted by Gasteiger charge is 1.98. The number of hydrogen-bond donors (Lipinski definition) is 1. The Hall–Kier alpha value is -0.890. The molecule has 0 saturated heterocycles. The van der Waals surface area contributed by atoms with E-state index in [1.165, 1.54) is 18.2 Å². The molecule has 0 saturated carbocycles. The number of hydrogen-bond acceptors (Lipinski definition) is 1. The van der Waals surface area contributed by atoms with Crippen LogP contribution in [0.1, 0.15) is 21.2 Å². The van der Waals surface area contributed by atoms with E-state index >= 15 is 0 Å². The van der Waals surface area contributed by atoms with Crippen LogP contribution in [0.2, 0.25) is 0 Å². The van der Waals surface area contributed by atoms with Crippen molar-refractivity contribution >= 4 is 0 Å². The van der Waals surface area contributed by atoms with E-state index in [2.05, 4.69) is 0 Å². The van der Waals surface area contributed by atoms with E-state index in [4.69, 9.17) is 8.48 Å². The molecule has 0 fully saturated rings. The second-order valence-corrected chi connectivity index (χ2v) is 2.08. The maximum absolute atomic E-state index is 12.6. The van der Waals surface area contributed by atoms with Crippen LogP contribution in [-0.2, 0) is 0 Å². The first-order chi connectivity index (χ1) is 5.61. The van der Waals surface area contributed by atoms with Gasteiger partial charge in [-0.1, -0.05) is 12.1 Å². The third kappa shape index (κ3) is 1.54. The number of benzene rings is 1. The first kappa shape index (κ1) is 4.85. The number of nitrogens with two attached hydrogens (primary N) is 1. The minimum absolute atomic E-state index is 0.386. The lowest BCUT2D eigenvalue weighted by Crippen LogP contribution is -2.04. The molecule has 54 valence electrons. The smallest absolute Gasteiger partial charge is 0.123 e. The van der Waals surface area contributed by atoms with Crippen LogP contribution in [0.15, 0.2) is 24.3 Å². The molecule has 0 amide bonds. The molecule has 0 heterocycles. The van der Waals surface area contributed by atoms with E-state index in [1.807, 2.05) is 0 Å². The molecular formula is C8H10FN. The van der Waals surface area contributed by atoms with Crippen LogP contribution >= 0.6 is 0 Å². The van der Waals surface area contributed by atoms with Crippen molar-refractivity contribution in [1.82, 2.24) is 0 Å². The normalized spacial score (nSPS) is 16.3. The van der Waals surface area contributed by atoms with Crippen LogP contribution in [-0.4, -0.2) is 0 Å². The third-order valence-electron chi connectivity index (χ3n) is 1.23. The molecule has 2 heteroatoms. The van der Waals surface area contributed by atoms with Crippen LogP contribution in [0.4, 0.5) is 4.39 Å². The molecule has 0 aromatic heterocycles. The molecule has 0 spiro atoms. The molecule has 0 radical (unpaired) electrons. The number of halogens is 1. The predicted molar refractivity (Wildman–Crippen MR) is 39.0 cm³/mol. The molecule has 1 aromatic rings. The molecule has 0 aliphatic rings. The van der Waals surface area contributed by atoms with E-state index in [-0.39, 0.29) is 5.82 Å². The van der Waals surface area contributed by atoms with Crippen LogP contribution < -0.4 is 5.73 Å². The van der Waals surface area contributed by atoms with E-state index in [9.17, 15) is 4.39 Å². The molecule has 1 aromatic carbocycles. The molecule has 1 nitrogen and oxygen atoms in total. The van der Waals surface area contributed by atoms with Gasteiger partial charge in [-0.05, 0) is 24.6 Å². The van der Waals surface area contributed by atoms with E-state index in [1.54, 1.807) is 6.07 Å². The van der Waals surface area contributed by atoms with E-state index in [0.29, 0.717) is 5.56 Å². The molecule has 0 aliphatic carbocycles. The van der Waals surface area contributed by atoms with Crippen molar-refractivity contribution in [3.8, 4) is 0 Å². The Balaban J connectivity index is 2.88. The molecule has 2 N–H and O–H groups in total. The Bertz CT molecular complexity index is 265. The van der Waals surface area contributed by atoms with Gasteiger partial charge in [0.25, 0.3) is 0 Å². The van der Waals surface area contributed by atoms with Crippen molar-refractivity contribution in [2.75, 3.05) is 0 Å². The summed E-state index contributed by atoms with van der Waals surface area (Å²) in [5.41, 5.74) is 5.96. The average Bonchev–Trinajstić information content (AvgIpc) is 2.03. The summed E-state index contributed by atoms with van der Waals surface area (Å²) in [6.45, 7) is -1.16. The van der Waals surface area contributed by atoms with E-state index in [0.717, 1.165) is 0 Å². The number of rotatable bonds is 1. The standard InChI is InChI=1S/C8H10FN/c1-6(10)7-3-2-4-8(9)5-7/h2-6H,10H2,1H3/i1D2. The molecule has 1 unspecified atom stereocenters. The monoisotopic (exact) mass is 141 g/mol. The Morgan fingerprint density at radius 1 is 1.70 bits per heavy atom. The summed E-state index contributed by atoms with van der Waals surface area (Å²) in [7, 11) is 0. The Labute approximate surface area is 62.5 Å². The van der Waals surface area contributed by atoms with Crippen LogP contribution in [0.25, 0.3) is 0 Å². The second kappa shape index (κ2) is 2.80. The summed E-state index contributed by atoms with van der Waals surface area (Å²) in [5.74, 6) is -0.386. The van der Waals surface area contributed by atoms with Gasteiger partial charge >= 0.3 is 0 Å². The summed E-state index contributed by atoms with van der Waals surface area (Å²) in [6.07, 6.45) is 0. The van der Waals surface area contributed by atoms with Gasteiger partial charge in [-0.25, -0.2) is 4.39 Å². The van der Waals surface area contributed by atoms with Crippen molar-refractivity contribution in [3.05, 3.63) is 35.6 Å². The molecular weight excluding hydrogens is 129 g/mol. The van der Waals surface area contributed by atoms with Crippen LogP contribution in [0.5, 0.6) is 0 Å². The van der Waals surface area contributed by atoms with Crippen molar-refractivity contribution < 1.29 is 7.13 Å². The fourth-order valence-electron chi connectivity index (χ4n) is 0.714. The van der Waals surface area contributed by atoms with Gasteiger partial charge in [0.15, 0.2) is 0 Å². The molecule has 1 atom stereocenters. The molecule has 0 bridgehead atoms. The SMILES string of the molecule is [2H]C([2H])C(N)c1cccc(F)c1. The Kier molecular flexibility index (Phi) is 1.36. The van der Waals surface area contributed by atoms with E-state index < -0.39 is 12.9 Å². The Morgan fingerprint density at radius 2 is 2.50 bits per heavy atom. The zero-order chi connectivity index (χ0) is 9.14. The molecule has 10 heavy (non-hydrogen) atoms. The summed E-state index contributed by atoms with van der Waals surface area (Å²) < 4.78 is 26.6. The summed E-state index contributed by atoms with van der Waals surface area (Å²) >= 11 is 0. The van der Waals surface area contributed by atoms with Gasteiger partial charge < -0.3 is 5.73 Å². The topological polar surface area (TPSA) is 26.0 Å². The second-order valence-electron chi connectivity index (χ2n) is 2.08. The summed E-state index contributed by atoms with van der Waals surface area (Å²) in [5, 5.41) is 0. The highest BCUT2D eigenvalue weighted by molar-refractivity contribution is 5.18. The highest BCUT2D eigenvalue weighted by Crippen LogP contribution is 2.09. The first-order valence-corrected chi connectivity index (χ1v) is 2.97. The van der Waals surface area contributed by atoms with Crippen molar-refractivity contribution in [1.29, 1.82) is 0 Å². The van der Waals surface area contributed by atoms with Gasteiger partial charge in [-0.15, -0.1) is 0 Å². The summed E-state index contributed by atoms with van der Waals surface area (Å²) in [6, 6.07) is 4.96. The minimum atomic E-state index is -1.16. The lowest BCUT2D eigenvalue weighted by molar-refractivity contribution is 0.622. The zero-order valence-corrected chi connectivity index (χ0v) is 5.42. The largest absolute Gasteiger partial charge is 0.324 e. The fourth-order valence-corrected chi connectivity index (χ4v) is 0.714. The zero-order valence-electron chi connectivity index (χ0n) is 7.42. The fraction of sp³-hybridized carbons (Fsp3) is 0.250. The molecule has 1 rings (SSSR count). The first-order valence-electron chi connectivity index (χ1n) is 4.12. The van der Waals surface area contributed by atoms with Crippen molar-refractivity contribution in [2.24, 2.45) is 5.73 Å². The summed E-state index contributed by atoms with van der Waals surface area (Å²) in [4.78, 5) is 0. The van der Waals surface area contributed by atoms with Crippen molar-refractivity contribution in [3.63, 3.8) is 0 Å². The van der Waals surface area contributed by atoms with Crippen molar-refractivity contribution in [2.45, 2.75) is 12.9 Å². The van der Waals surface area contributed by atoms with Gasteiger partial charge in [0.2, 0.25) is 0 Å². The average molecular weight is 141 g/mol. The third-order valence-corrected chi connectivity index (χ3v) is 1.23. The van der Waals surface area contributed by atoms with Gasteiger partial charge in [0.05, 0.1) is 0 Å². The van der Waals surface area contributed by atoms with Gasteiger partial charge in [-0.3, -0.25) is 0 Å². The lowest BCUT2D eigenvalue weighted by Gasteiger charge is -2.03. The maximum atomic E-state index is 12.6. The van der Waals surface area contributed by atoms with Crippen LogP contribution in [0.3, 0.4) is 0 Å².